The number of nitrogens with zero attached hydrogens (tertiary/aromatic N) is 2. The zero-order chi connectivity index (χ0) is 82.7. The number of amides is 12. The van der Waals surface area contributed by atoms with Crippen molar-refractivity contribution in [3.63, 3.8) is 0 Å². The molecule has 0 aliphatic heterocycles. The molecule has 0 aromatic carbocycles. The zero-order valence-corrected chi connectivity index (χ0v) is 61.2. The molecule has 0 fully saturated rings. The van der Waals surface area contributed by atoms with Gasteiger partial charge < -0.3 is 126 Å². The van der Waals surface area contributed by atoms with Crippen molar-refractivity contribution in [2.45, 2.75) is 224 Å². The fourth-order valence-corrected chi connectivity index (χ4v) is 8.99. The average molecular weight is 1540 g/mol. The van der Waals surface area contributed by atoms with Gasteiger partial charge in [-0.1, -0.05) is 13.8 Å². The summed E-state index contributed by atoms with van der Waals surface area (Å²) in [6, 6.07) is -16.1. The summed E-state index contributed by atoms with van der Waals surface area (Å²) in [5, 5.41) is 51.3. The first-order valence-corrected chi connectivity index (χ1v) is 33.5. The smallest absolute Gasteiger partial charge is 0.305 e. The molecule has 0 spiro atoms. The fourth-order valence-electron chi connectivity index (χ4n) is 8.99. The molecule has 0 unspecified atom stereocenters. The van der Waals surface area contributed by atoms with E-state index >= 15 is 0 Å². The van der Waals surface area contributed by atoms with Gasteiger partial charge >= 0.3 is 5.97 Å². The molecule has 0 aliphatic rings. The molecule has 0 rings (SSSR count). The molecule has 0 aromatic heterocycles. The maximum absolute atomic E-state index is 14.5. The van der Waals surface area contributed by atoms with E-state index in [0.29, 0.717) is 25.1 Å². The minimum absolute atomic E-state index is 0.0427. The predicted octanol–water partition coefficient (Wildman–Crippen LogP) is -13.6. The van der Waals surface area contributed by atoms with Crippen LogP contribution in [0, 0.1) is 5.92 Å². The van der Waals surface area contributed by atoms with E-state index in [9.17, 15) is 101 Å². The van der Waals surface area contributed by atoms with E-state index in [-0.39, 0.29) is 81.9 Å². The standard InChI is InChI=1S/C61H103N25O22/c1-27(2)17-38(24-91)78-49(58(107)81-43(34(9)94)69-28(3)20-87)84-53(102)33(8)73-55(104)46(76-36(22-89)13-11-15-67-60(63)64)85-57(106)44(70-29(4)21-88)82-52(101)32(7)74-56(105)47(79-39(25-92)18-41(62)96)86-59(108)48(77-37(23-90)14-12-16-68-61(65)66)83-51(100)31(6)71-50(99)30(5)72-54(103)45(75-35(10)95)80-40(26-93)19-42(97)98/h20-33,36-40,43-49,69-70,76-80H,11-19H2,1-10H3,(H2,62,96)(H,71,99)(H,72,103)(H,73,104)(H,74,105)(H,75,95)(H,81,107)(H,82,101)(H,83,100)(H,84,102)(H,85,106)(H,86,108)(H,97,98)(H4,63,64,67)(H4,65,66,68)/t28-,29-,30-,31-,32-,33-,36+,37+,38+,39+,40+,43+,44-,45-,46-,47-,48+,49-/m0/s1. The van der Waals surface area contributed by atoms with Crippen LogP contribution < -0.4 is 124 Å². The molecular formula is C61H103N25O22. The van der Waals surface area contributed by atoms with Crippen LogP contribution in [-0.4, -0.2) is 266 Å². The van der Waals surface area contributed by atoms with Crippen LogP contribution in [-0.2, 0) is 101 Å². The Kier molecular flexibility index (Phi) is 45.7. The minimum Gasteiger partial charge on any atom is -0.481 e. The lowest BCUT2D eigenvalue weighted by Crippen LogP contribution is -2.68. The number of rotatable bonds is 57. The van der Waals surface area contributed by atoms with Crippen molar-refractivity contribution in [1.82, 2.24) is 95.7 Å². The summed E-state index contributed by atoms with van der Waals surface area (Å²) >= 11 is 0. The maximum Gasteiger partial charge on any atom is 0.305 e. The van der Waals surface area contributed by atoms with E-state index in [1.807, 2.05) is 0 Å². The van der Waals surface area contributed by atoms with Gasteiger partial charge in [0.2, 0.25) is 35.4 Å². The van der Waals surface area contributed by atoms with Gasteiger partial charge in [0.15, 0.2) is 54.7 Å². The molecule has 0 radical (unpaired) electrons. The van der Waals surface area contributed by atoms with Crippen molar-refractivity contribution in [1.29, 1.82) is 0 Å². The van der Waals surface area contributed by atoms with Gasteiger partial charge in [0.05, 0.1) is 48.7 Å². The lowest BCUT2D eigenvalue weighted by Gasteiger charge is -2.30. The molecule has 29 N–H and O–H groups in total. The molecule has 0 saturated carbocycles. The number of carbonyl (C=O) groups excluding carboxylic acids is 20. The van der Waals surface area contributed by atoms with E-state index in [4.69, 9.17) is 33.8 Å². The molecule has 47 nitrogen and oxygen atoms in total. The van der Waals surface area contributed by atoms with E-state index in [0.717, 1.165) is 41.5 Å². The topological polar surface area (TPSA) is 750 Å². The Morgan fingerprint density at radius 3 is 0.898 bits per heavy atom. The summed E-state index contributed by atoms with van der Waals surface area (Å²) in [6.07, 6.45) is -13.4. The molecule has 12 amide bonds. The molecule has 47 heteroatoms. The SMILES string of the molecule is CC(=O)N[C@@H](N[C@@H](C=O)CC(=O)O)C(=O)N[C@@H](C)C(=O)N[C@@H](C)C(=O)N[C@@H](N[C@@H](C=O)CCCN=C(N)N)C(=O)N[C@H](N[C@@H](C=O)CC(N)=O)C(=O)N[C@@H](C)C(=O)N[C@H](N[C@@H](C)C=O)C(=O)N[C@H](N[C@@H](C=O)CCCN=C(N)N)C(=O)N[C@@H](C)C(=O)N[C@H](N[C@@H](C=O)CC(C)C)C(=O)N[C@@H](N[C@@H](C)C=O)C(C)=O. The third-order valence-corrected chi connectivity index (χ3v) is 14.5. The number of carboxylic acid groups (broad SMARTS) is 1. The fraction of sp³-hybridized carbons (Fsp3) is 0.623. The third-order valence-electron chi connectivity index (χ3n) is 14.5. The number of hydrogen-bond donors (Lipinski definition) is 24. The number of aldehydes is 7. The number of Topliss-reactive ketones (excluding diaryl/α,β-unsaturated/α-hetero) is 1. The number of nitrogens with one attached hydrogen (secondary N) is 18. The average Bonchev–Trinajstić information content (AvgIpc) is 0.886. The van der Waals surface area contributed by atoms with Gasteiger partial charge in [-0.05, 0) is 86.5 Å². The van der Waals surface area contributed by atoms with Crippen LogP contribution in [0.3, 0.4) is 0 Å². The quantitative estimate of drug-likeness (QED) is 0.00884. The van der Waals surface area contributed by atoms with E-state index in [2.05, 4.69) is 106 Å². The first-order chi connectivity index (χ1) is 50.6. The van der Waals surface area contributed by atoms with Crippen LogP contribution in [0.1, 0.15) is 114 Å². The van der Waals surface area contributed by atoms with Crippen molar-refractivity contribution < 1.29 is 106 Å². The van der Waals surface area contributed by atoms with Gasteiger partial charge in [0.1, 0.15) is 74.3 Å². The molecule has 18 atom stereocenters. The van der Waals surface area contributed by atoms with Crippen LogP contribution in [0.4, 0.5) is 0 Å². The summed E-state index contributed by atoms with van der Waals surface area (Å²) in [4.78, 5) is 280. The summed E-state index contributed by atoms with van der Waals surface area (Å²) in [7, 11) is 0. The number of aliphatic imine (C=N–C) groups is 2. The van der Waals surface area contributed by atoms with Crippen LogP contribution in [0.5, 0.6) is 0 Å². The highest BCUT2D eigenvalue weighted by molar-refractivity contribution is 5.99. The molecule has 0 bridgehead atoms. The number of carbonyl (C=O) groups is 21. The highest BCUT2D eigenvalue weighted by Crippen LogP contribution is 2.07. The summed E-state index contributed by atoms with van der Waals surface area (Å²) in [5.41, 5.74) is 27.0. The second kappa shape index (κ2) is 51.0. The van der Waals surface area contributed by atoms with Crippen molar-refractivity contribution in [2.24, 2.45) is 44.6 Å². The summed E-state index contributed by atoms with van der Waals surface area (Å²) in [5.74, 6) is -17.5. The van der Waals surface area contributed by atoms with E-state index in [1.54, 1.807) is 13.8 Å². The molecular weight excluding hydrogens is 1430 g/mol. The van der Waals surface area contributed by atoms with Crippen LogP contribution >= 0.6 is 0 Å². The third kappa shape index (κ3) is 39.7. The van der Waals surface area contributed by atoms with Crippen LogP contribution in [0.2, 0.25) is 0 Å². The van der Waals surface area contributed by atoms with E-state index < -0.39 is 205 Å². The molecule has 604 valence electrons. The van der Waals surface area contributed by atoms with Gasteiger partial charge in [-0.2, -0.15) is 0 Å². The van der Waals surface area contributed by atoms with Crippen molar-refractivity contribution in [3.8, 4) is 0 Å². The molecule has 0 aromatic rings. The first kappa shape index (κ1) is 96.7. The van der Waals surface area contributed by atoms with Gasteiger partial charge in [0.25, 0.3) is 35.4 Å². The molecule has 0 heterocycles. The largest absolute Gasteiger partial charge is 0.481 e. The number of ketones is 1. The summed E-state index contributed by atoms with van der Waals surface area (Å²) in [6.45, 7) is 12.3. The monoisotopic (exact) mass is 1540 g/mol. The van der Waals surface area contributed by atoms with E-state index in [1.165, 1.54) is 13.8 Å². The zero-order valence-electron chi connectivity index (χ0n) is 61.2. The molecule has 0 saturated heterocycles. The molecule has 0 aliphatic carbocycles. The Bertz CT molecular complexity index is 3210. The highest BCUT2D eigenvalue weighted by Gasteiger charge is 2.37. The van der Waals surface area contributed by atoms with Gasteiger partial charge in [-0.3, -0.25) is 114 Å². The second-order valence-electron chi connectivity index (χ2n) is 24.8. The Hall–Kier alpha value is -11.3. The Morgan fingerprint density at radius 2 is 0.602 bits per heavy atom. The number of nitrogens with two attached hydrogens (primary N) is 5. The van der Waals surface area contributed by atoms with Crippen LogP contribution in [0.15, 0.2) is 9.98 Å². The number of carboxylic acids is 1. The predicted molar refractivity (Wildman–Crippen MR) is 378 cm³/mol. The summed E-state index contributed by atoms with van der Waals surface area (Å²) < 4.78 is 0. The van der Waals surface area contributed by atoms with Gasteiger partial charge in [0, 0.05) is 26.4 Å². The second-order valence-corrected chi connectivity index (χ2v) is 24.8. The normalized spacial score (nSPS) is 16.0. The first-order valence-electron chi connectivity index (χ1n) is 33.5. The number of guanidine groups is 2. The van der Waals surface area contributed by atoms with Crippen molar-refractivity contribution in [2.75, 3.05) is 13.1 Å². The number of hydrogen-bond acceptors (Lipinski definition) is 30. The Labute approximate surface area is 619 Å². The van der Waals surface area contributed by atoms with Crippen LogP contribution in [0.25, 0.3) is 0 Å². The van der Waals surface area contributed by atoms with Gasteiger partial charge in [-0.25, -0.2) is 0 Å². The number of aliphatic carboxylic acids is 1. The number of primary amides is 1. The minimum atomic E-state index is -2.26. The van der Waals surface area contributed by atoms with Crippen molar-refractivity contribution in [3.05, 3.63) is 0 Å². The Balaban J connectivity index is 7.50. The van der Waals surface area contributed by atoms with Gasteiger partial charge in [-0.15, -0.1) is 0 Å². The lowest BCUT2D eigenvalue weighted by atomic mass is 10.0. The lowest BCUT2D eigenvalue weighted by molar-refractivity contribution is -0.139. The highest BCUT2D eigenvalue weighted by atomic mass is 16.4. The Morgan fingerprint density at radius 1 is 0.333 bits per heavy atom. The maximum atomic E-state index is 14.5. The molecule has 108 heavy (non-hydrogen) atoms. The van der Waals surface area contributed by atoms with Crippen molar-refractivity contribution >= 4 is 139 Å².